The lowest BCUT2D eigenvalue weighted by Crippen LogP contribution is -2.43. The van der Waals surface area contributed by atoms with E-state index in [1.807, 2.05) is 0 Å². The highest BCUT2D eigenvalue weighted by Crippen LogP contribution is 2.20. The second-order valence-corrected chi connectivity index (χ2v) is 12.5. The van der Waals surface area contributed by atoms with Crippen LogP contribution < -0.4 is 32.0 Å². The average molecular weight is 781 g/mol. The first-order valence-corrected chi connectivity index (χ1v) is 15.9. The van der Waals surface area contributed by atoms with Gasteiger partial charge in [0.05, 0.1) is 47.0 Å². The minimum absolute atomic E-state index is 0.0809. The van der Waals surface area contributed by atoms with Crippen molar-refractivity contribution in [1.82, 2.24) is 18.7 Å². The number of rotatable bonds is 10. The molecule has 0 aliphatic carbocycles. The van der Waals surface area contributed by atoms with Crippen LogP contribution in [0.3, 0.4) is 0 Å². The highest BCUT2D eigenvalue weighted by molar-refractivity contribution is 5.79. The minimum atomic E-state index is -3.00. The number of nitrogens with one attached hydrogen (secondary N) is 1. The molecule has 0 unspecified atom stereocenters. The Hall–Kier alpha value is -6.24. The molecule has 4 aromatic carbocycles. The molecule has 2 N–H and O–H groups in total. The van der Waals surface area contributed by atoms with Crippen molar-refractivity contribution in [3.05, 3.63) is 149 Å². The van der Waals surface area contributed by atoms with Gasteiger partial charge in [0.1, 0.15) is 23.1 Å². The monoisotopic (exact) mass is 780 g/mol. The molecule has 0 aliphatic heterocycles. The molecule has 6 aromatic rings. The molecule has 19 heteroatoms. The zero-order chi connectivity index (χ0) is 40.4. The fraction of sp³-hybridized carbons (Fsp3) is 0.222. The summed E-state index contributed by atoms with van der Waals surface area (Å²) in [6.45, 7) is -4.04. The van der Waals surface area contributed by atoms with Gasteiger partial charge in [-0.3, -0.25) is 23.3 Å². The largest absolute Gasteiger partial charge is 0.435 e. The first kappa shape index (κ1) is 40.0. The smallest absolute Gasteiger partial charge is 0.387 e. The van der Waals surface area contributed by atoms with Gasteiger partial charge in [0.15, 0.2) is 11.6 Å². The van der Waals surface area contributed by atoms with E-state index in [1.54, 1.807) is 0 Å². The molecule has 2 heterocycles. The highest BCUT2D eigenvalue weighted by atomic mass is 19.3. The SMILES string of the molecule is CC(C)(O)Cn1c(=O)n(Cc2ccc(OC(F)F)cc2)c(=O)c2cc(F)cc(F)c21.O=c1[nH]c2c(F)cc(F)cc2c(=O)n1Cc1ccc(OC(F)F)cc1. The number of ether oxygens (including phenoxy) is 2. The fourth-order valence-electron chi connectivity index (χ4n) is 5.49. The Bertz CT molecular complexity index is 2600. The molecular formula is C36H28F8N4O7. The average Bonchev–Trinajstić information content (AvgIpc) is 3.08. The second kappa shape index (κ2) is 16.0. The number of hydrogen-bond donors (Lipinski definition) is 2. The van der Waals surface area contributed by atoms with Crippen molar-refractivity contribution >= 4 is 21.8 Å². The Morgan fingerprint density at radius 3 is 1.60 bits per heavy atom. The summed E-state index contributed by atoms with van der Waals surface area (Å²) in [7, 11) is 0. The lowest BCUT2D eigenvalue weighted by Gasteiger charge is -2.21. The van der Waals surface area contributed by atoms with Crippen LogP contribution in [-0.4, -0.2) is 42.6 Å². The number of aromatic amines is 1. The van der Waals surface area contributed by atoms with Crippen LogP contribution in [0.15, 0.2) is 92.0 Å². The van der Waals surface area contributed by atoms with Gasteiger partial charge in [0.2, 0.25) is 0 Å². The van der Waals surface area contributed by atoms with Gasteiger partial charge in [-0.15, -0.1) is 0 Å². The molecule has 0 saturated carbocycles. The molecule has 290 valence electrons. The number of H-pyrrole nitrogens is 1. The van der Waals surface area contributed by atoms with E-state index in [0.717, 1.165) is 25.8 Å². The van der Waals surface area contributed by atoms with Crippen LogP contribution in [0.25, 0.3) is 21.8 Å². The third-order valence-corrected chi connectivity index (χ3v) is 7.77. The van der Waals surface area contributed by atoms with Gasteiger partial charge in [-0.05, 0) is 61.4 Å². The van der Waals surface area contributed by atoms with Gasteiger partial charge in [-0.1, -0.05) is 24.3 Å². The molecule has 0 amide bonds. The summed E-state index contributed by atoms with van der Waals surface area (Å²) < 4.78 is 115. The molecule has 0 radical (unpaired) electrons. The van der Waals surface area contributed by atoms with E-state index < -0.39 is 70.1 Å². The summed E-state index contributed by atoms with van der Waals surface area (Å²) in [4.78, 5) is 52.4. The van der Waals surface area contributed by atoms with Crippen molar-refractivity contribution in [1.29, 1.82) is 0 Å². The molecule has 0 bridgehead atoms. The molecule has 0 aliphatic rings. The number of aliphatic hydroxyl groups is 1. The number of nitrogens with zero attached hydrogens (tertiary/aromatic N) is 3. The lowest BCUT2D eigenvalue weighted by atomic mass is 10.1. The third kappa shape index (κ3) is 9.47. The van der Waals surface area contributed by atoms with Crippen LogP contribution in [-0.2, 0) is 19.6 Å². The maximum Gasteiger partial charge on any atom is 0.387 e. The number of aromatic nitrogens is 4. The van der Waals surface area contributed by atoms with Gasteiger partial charge in [0, 0.05) is 12.1 Å². The van der Waals surface area contributed by atoms with E-state index in [2.05, 4.69) is 14.5 Å². The maximum absolute atomic E-state index is 14.4. The normalized spacial score (nSPS) is 11.7. The van der Waals surface area contributed by atoms with Crippen LogP contribution >= 0.6 is 0 Å². The Morgan fingerprint density at radius 1 is 0.655 bits per heavy atom. The van der Waals surface area contributed by atoms with Gasteiger partial charge in [-0.2, -0.15) is 17.6 Å². The molecular weight excluding hydrogens is 752 g/mol. The quantitative estimate of drug-likeness (QED) is 0.176. The molecule has 11 nitrogen and oxygen atoms in total. The van der Waals surface area contributed by atoms with E-state index in [9.17, 15) is 59.4 Å². The summed E-state index contributed by atoms with van der Waals surface area (Å²) in [6.07, 6.45) is 0. The summed E-state index contributed by atoms with van der Waals surface area (Å²) in [6, 6.07) is 13.3. The summed E-state index contributed by atoms with van der Waals surface area (Å²) in [5.41, 5.74) is -4.98. The van der Waals surface area contributed by atoms with Crippen LogP contribution in [0.2, 0.25) is 0 Å². The molecule has 0 spiro atoms. The van der Waals surface area contributed by atoms with Gasteiger partial charge in [0.25, 0.3) is 11.1 Å². The molecule has 6 rings (SSSR count). The Kier molecular flexibility index (Phi) is 11.6. The summed E-state index contributed by atoms with van der Waals surface area (Å²) in [5.74, 6) is -4.29. The van der Waals surface area contributed by atoms with E-state index in [1.165, 1.54) is 62.4 Å². The van der Waals surface area contributed by atoms with E-state index >= 15 is 0 Å². The van der Waals surface area contributed by atoms with Crippen LogP contribution in [0, 0.1) is 23.3 Å². The first-order chi connectivity index (χ1) is 25.8. The van der Waals surface area contributed by atoms with E-state index in [4.69, 9.17) is 0 Å². The Labute approximate surface area is 302 Å². The van der Waals surface area contributed by atoms with Crippen molar-refractivity contribution in [2.45, 2.75) is 52.3 Å². The number of hydrogen-bond acceptors (Lipinski definition) is 7. The zero-order valence-electron chi connectivity index (χ0n) is 28.5. The molecule has 0 atom stereocenters. The fourth-order valence-corrected chi connectivity index (χ4v) is 5.49. The van der Waals surface area contributed by atoms with Crippen molar-refractivity contribution in [3.8, 4) is 11.5 Å². The summed E-state index contributed by atoms with van der Waals surface area (Å²) in [5, 5.41) is 9.46. The number of benzene rings is 4. The second-order valence-electron chi connectivity index (χ2n) is 12.5. The Morgan fingerprint density at radius 2 is 1.11 bits per heavy atom. The lowest BCUT2D eigenvalue weighted by molar-refractivity contribution is -0.0505. The third-order valence-electron chi connectivity index (χ3n) is 7.77. The van der Waals surface area contributed by atoms with Crippen molar-refractivity contribution in [2.24, 2.45) is 0 Å². The topological polar surface area (TPSA) is 138 Å². The van der Waals surface area contributed by atoms with Crippen LogP contribution in [0.5, 0.6) is 11.5 Å². The number of alkyl halides is 4. The molecule has 0 saturated heterocycles. The highest BCUT2D eigenvalue weighted by Gasteiger charge is 2.23. The van der Waals surface area contributed by atoms with Gasteiger partial charge < -0.3 is 19.6 Å². The van der Waals surface area contributed by atoms with E-state index in [0.29, 0.717) is 23.3 Å². The molecule has 0 fully saturated rings. The predicted octanol–water partition coefficient (Wildman–Crippen LogP) is 5.48. The summed E-state index contributed by atoms with van der Waals surface area (Å²) >= 11 is 0. The minimum Gasteiger partial charge on any atom is -0.435 e. The van der Waals surface area contributed by atoms with Crippen LogP contribution in [0.4, 0.5) is 35.1 Å². The first-order valence-electron chi connectivity index (χ1n) is 15.9. The van der Waals surface area contributed by atoms with Gasteiger partial charge in [-0.25, -0.2) is 27.2 Å². The molecule has 55 heavy (non-hydrogen) atoms. The van der Waals surface area contributed by atoms with Gasteiger partial charge >= 0.3 is 24.6 Å². The van der Waals surface area contributed by atoms with Crippen molar-refractivity contribution in [2.75, 3.05) is 0 Å². The van der Waals surface area contributed by atoms with Crippen molar-refractivity contribution in [3.63, 3.8) is 0 Å². The number of halogens is 8. The van der Waals surface area contributed by atoms with E-state index in [-0.39, 0.29) is 47.4 Å². The predicted molar refractivity (Wildman–Crippen MR) is 182 cm³/mol. The van der Waals surface area contributed by atoms with Crippen LogP contribution in [0.1, 0.15) is 25.0 Å². The standard InChI is InChI=1S/C20H18F4N2O4.C16H10F4N2O3/c1-20(2,29)10-26-16-14(7-12(21)8-15(16)22)17(27)25(19(26)28)9-11-3-5-13(6-4-11)30-18(23)24;17-9-5-11-13(12(18)6-9)21-16(24)22(14(11)23)7-8-1-3-10(4-2-8)25-15(19)20/h3-8,18,29H,9-10H2,1-2H3;1-6,15H,7H2,(H,21,24). The van der Waals surface area contributed by atoms with Crippen molar-refractivity contribution < 1.29 is 49.7 Å². The maximum atomic E-state index is 14.4. The number of fused-ring (bicyclic) bond motifs is 2. The Balaban J connectivity index is 0.000000214. The molecule has 2 aromatic heterocycles. The zero-order valence-corrected chi connectivity index (χ0v) is 28.5.